The number of hydrogen-bond donors (Lipinski definition) is 1. The summed E-state index contributed by atoms with van der Waals surface area (Å²) >= 11 is 7.93. The lowest BCUT2D eigenvalue weighted by molar-refractivity contribution is 0.199. The third-order valence-corrected chi connectivity index (χ3v) is 5.03. The predicted molar refractivity (Wildman–Crippen MR) is 84.7 cm³/mol. The van der Waals surface area contributed by atoms with Crippen LogP contribution in [0.3, 0.4) is 0 Å². The van der Waals surface area contributed by atoms with E-state index in [1.165, 1.54) is 35.3 Å². The first-order chi connectivity index (χ1) is 9.63. The minimum atomic E-state index is -0.526. The molecule has 0 heterocycles. The molecule has 1 N–H and O–H groups in total. The van der Waals surface area contributed by atoms with Crippen LogP contribution in [0.4, 0.5) is 0 Å². The van der Waals surface area contributed by atoms with Gasteiger partial charge in [0.15, 0.2) is 0 Å². The van der Waals surface area contributed by atoms with Crippen molar-refractivity contribution >= 4 is 23.4 Å². The molecule has 0 radical (unpaired) electrons. The van der Waals surface area contributed by atoms with Gasteiger partial charge < -0.3 is 5.11 Å². The summed E-state index contributed by atoms with van der Waals surface area (Å²) in [7, 11) is 0. The van der Waals surface area contributed by atoms with Crippen LogP contribution in [0.2, 0.25) is 5.02 Å². The molecule has 104 valence electrons. The van der Waals surface area contributed by atoms with E-state index >= 15 is 0 Å². The minimum Gasteiger partial charge on any atom is -0.389 e. The van der Waals surface area contributed by atoms with E-state index in [4.69, 9.17) is 11.6 Å². The summed E-state index contributed by atoms with van der Waals surface area (Å²) in [6.07, 6.45) is 3.17. The van der Waals surface area contributed by atoms with Crippen LogP contribution in [-0.2, 0) is 12.8 Å². The topological polar surface area (TPSA) is 20.2 Å². The standard InChI is InChI=1S/C17H17ClOS/c1-11(19)16-8-7-15(10-17(16)18)20-14-6-5-12-3-2-4-13(12)9-14/h5-11,19H,2-4H2,1H3. The maximum atomic E-state index is 9.60. The Kier molecular flexibility index (Phi) is 4.06. The molecule has 1 atom stereocenters. The number of rotatable bonds is 3. The molecular formula is C17H17ClOS. The Morgan fingerprint density at radius 2 is 1.75 bits per heavy atom. The first-order valence-electron chi connectivity index (χ1n) is 6.90. The van der Waals surface area contributed by atoms with Crippen molar-refractivity contribution in [3.63, 3.8) is 0 Å². The van der Waals surface area contributed by atoms with Crippen molar-refractivity contribution in [1.29, 1.82) is 0 Å². The molecule has 20 heavy (non-hydrogen) atoms. The number of benzene rings is 2. The average Bonchev–Trinajstić information content (AvgIpc) is 2.85. The van der Waals surface area contributed by atoms with Crippen LogP contribution in [0.15, 0.2) is 46.2 Å². The first kappa shape index (κ1) is 14.0. The Morgan fingerprint density at radius 1 is 1.05 bits per heavy atom. The molecule has 0 aromatic heterocycles. The van der Waals surface area contributed by atoms with Gasteiger partial charge in [-0.2, -0.15) is 0 Å². The number of aryl methyl sites for hydroxylation is 2. The van der Waals surface area contributed by atoms with Crippen molar-refractivity contribution in [2.24, 2.45) is 0 Å². The van der Waals surface area contributed by atoms with Crippen LogP contribution in [0.25, 0.3) is 0 Å². The molecule has 0 saturated heterocycles. The van der Waals surface area contributed by atoms with Crippen molar-refractivity contribution in [1.82, 2.24) is 0 Å². The van der Waals surface area contributed by atoms with Crippen molar-refractivity contribution in [2.45, 2.75) is 42.1 Å². The van der Waals surface area contributed by atoms with Crippen LogP contribution < -0.4 is 0 Å². The van der Waals surface area contributed by atoms with Gasteiger partial charge in [0.25, 0.3) is 0 Å². The molecule has 1 aliphatic rings. The fourth-order valence-corrected chi connectivity index (χ4v) is 3.98. The van der Waals surface area contributed by atoms with E-state index < -0.39 is 6.10 Å². The zero-order chi connectivity index (χ0) is 14.1. The highest BCUT2D eigenvalue weighted by Gasteiger charge is 2.12. The lowest BCUT2D eigenvalue weighted by Crippen LogP contribution is -1.92. The SMILES string of the molecule is CC(O)c1ccc(Sc2ccc3c(c2)CCC3)cc1Cl. The highest BCUT2D eigenvalue weighted by Crippen LogP contribution is 2.34. The van der Waals surface area contributed by atoms with Gasteiger partial charge in [-0.15, -0.1) is 0 Å². The summed E-state index contributed by atoms with van der Waals surface area (Å²) in [5.74, 6) is 0. The zero-order valence-electron chi connectivity index (χ0n) is 11.4. The second-order valence-electron chi connectivity index (χ2n) is 5.25. The van der Waals surface area contributed by atoms with Gasteiger partial charge in [-0.1, -0.05) is 35.5 Å². The molecule has 2 aromatic carbocycles. The molecule has 1 unspecified atom stereocenters. The second kappa shape index (κ2) is 5.80. The molecule has 1 nitrogen and oxygen atoms in total. The first-order valence-corrected chi connectivity index (χ1v) is 8.10. The summed E-state index contributed by atoms with van der Waals surface area (Å²) in [6.45, 7) is 1.73. The summed E-state index contributed by atoms with van der Waals surface area (Å²) in [5.41, 5.74) is 3.77. The monoisotopic (exact) mass is 304 g/mol. The third-order valence-electron chi connectivity index (χ3n) is 3.73. The number of fused-ring (bicyclic) bond motifs is 1. The zero-order valence-corrected chi connectivity index (χ0v) is 13.0. The normalized spacial score (nSPS) is 15.2. The largest absolute Gasteiger partial charge is 0.389 e. The molecule has 0 fully saturated rings. The van der Waals surface area contributed by atoms with E-state index in [1.54, 1.807) is 18.7 Å². The Balaban J connectivity index is 1.83. The highest BCUT2D eigenvalue weighted by molar-refractivity contribution is 7.99. The molecule has 3 heteroatoms. The lowest BCUT2D eigenvalue weighted by Gasteiger charge is -2.10. The second-order valence-corrected chi connectivity index (χ2v) is 6.80. The number of aliphatic hydroxyl groups is 1. The molecular weight excluding hydrogens is 288 g/mol. The molecule has 0 amide bonds. The van der Waals surface area contributed by atoms with Crippen molar-refractivity contribution < 1.29 is 5.11 Å². The van der Waals surface area contributed by atoms with E-state index in [0.29, 0.717) is 5.02 Å². The Bertz CT molecular complexity index is 637. The quantitative estimate of drug-likeness (QED) is 0.858. The lowest BCUT2D eigenvalue weighted by atomic mass is 10.1. The van der Waals surface area contributed by atoms with Crippen molar-refractivity contribution in [2.75, 3.05) is 0 Å². The highest BCUT2D eigenvalue weighted by atomic mass is 35.5. The van der Waals surface area contributed by atoms with Gasteiger partial charge in [-0.25, -0.2) is 0 Å². The van der Waals surface area contributed by atoms with Gasteiger partial charge >= 0.3 is 0 Å². The minimum absolute atomic E-state index is 0.526. The van der Waals surface area contributed by atoms with Crippen LogP contribution >= 0.6 is 23.4 Å². The average molecular weight is 305 g/mol. The molecule has 0 aliphatic heterocycles. The molecule has 1 aliphatic carbocycles. The Labute approximate surface area is 129 Å². The Morgan fingerprint density at radius 3 is 2.50 bits per heavy atom. The fourth-order valence-electron chi connectivity index (χ4n) is 2.66. The van der Waals surface area contributed by atoms with Crippen LogP contribution in [0.5, 0.6) is 0 Å². The summed E-state index contributed by atoms with van der Waals surface area (Å²) in [6, 6.07) is 12.6. The molecule has 0 saturated carbocycles. The smallest absolute Gasteiger partial charge is 0.0776 e. The molecule has 3 rings (SSSR count). The number of hydrogen-bond acceptors (Lipinski definition) is 2. The van der Waals surface area contributed by atoms with Gasteiger partial charge in [-0.05, 0) is 67.1 Å². The molecule has 2 aromatic rings. The predicted octanol–water partition coefficient (Wildman–Crippen LogP) is 5.03. The fraction of sp³-hybridized carbons (Fsp3) is 0.294. The van der Waals surface area contributed by atoms with Gasteiger partial charge in [0.1, 0.15) is 0 Å². The van der Waals surface area contributed by atoms with Crippen LogP contribution in [0, 0.1) is 0 Å². The summed E-state index contributed by atoms with van der Waals surface area (Å²) < 4.78 is 0. The van der Waals surface area contributed by atoms with Crippen LogP contribution in [-0.4, -0.2) is 5.11 Å². The van der Waals surface area contributed by atoms with Crippen molar-refractivity contribution in [3.8, 4) is 0 Å². The van der Waals surface area contributed by atoms with Gasteiger partial charge in [-0.3, -0.25) is 0 Å². The van der Waals surface area contributed by atoms with Crippen LogP contribution in [0.1, 0.15) is 36.1 Å². The van der Waals surface area contributed by atoms with E-state index in [1.807, 2.05) is 18.2 Å². The maximum absolute atomic E-state index is 9.60. The molecule has 0 bridgehead atoms. The van der Waals surface area contributed by atoms with E-state index in [9.17, 15) is 5.11 Å². The van der Waals surface area contributed by atoms with Gasteiger partial charge in [0.2, 0.25) is 0 Å². The van der Waals surface area contributed by atoms with E-state index in [0.717, 1.165) is 10.5 Å². The Hall–Kier alpha value is -0.960. The number of aliphatic hydroxyl groups excluding tert-OH is 1. The number of halogens is 1. The third kappa shape index (κ3) is 2.88. The summed E-state index contributed by atoms with van der Waals surface area (Å²) in [4.78, 5) is 2.36. The van der Waals surface area contributed by atoms with Gasteiger partial charge in [0, 0.05) is 14.8 Å². The van der Waals surface area contributed by atoms with Crippen molar-refractivity contribution in [3.05, 3.63) is 58.1 Å². The van der Waals surface area contributed by atoms with E-state index in [-0.39, 0.29) is 0 Å². The molecule has 0 spiro atoms. The maximum Gasteiger partial charge on any atom is 0.0776 e. The van der Waals surface area contributed by atoms with Gasteiger partial charge in [0.05, 0.1) is 6.10 Å². The van der Waals surface area contributed by atoms with E-state index in [2.05, 4.69) is 18.2 Å². The summed E-state index contributed by atoms with van der Waals surface area (Å²) in [5, 5.41) is 10.2.